The minimum Gasteiger partial charge on any atom is -0.406 e. The third kappa shape index (κ3) is 4.88. The van der Waals surface area contributed by atoms with Gasteiger partial charge < -0.3 is 4.74 Å². The molecule has 0 saturated carbocycles. The lowest BCUT2D eigenvalue weighted by atomic mass is 9.93. The summed E-state index contributed by atoms with van der Waals surface area (Å²) in [6, 6.07) is 18.8. The number of ether oxygens (including phenoxy) is 1. The number of hydrogen-bond acceptors (Lipinski definition) is 4. The summed E-state index contributed by atoms with van der Waals surface area (Å²) in [4.78, 5) is 4.43. The summed E-state index contributed by atoms with van der Waals surface area (Å²) in [6.07, 6.45) is -3.96. The summed E-state index contributed by atoms with van der Waals surface area (Å²) >= 11 is 0. The molecule has 0 spiro atoms. The Balaban J connectivity index is 1.51. The van der Waals surface area contributed by atoms with Gasteiger partial charge >= 0.3 is 6.36 Å². The van der Waals surface area contributed by atoms with Gasteiger partial charge in [-0.3, -0.25) is 9.71 Å². The van der Waals surface area contributed by atoms with Crippen molar-refractivity contribution >= 4 is 21.4 Å². The third-order valence-electron chi connectivity index (χ3n) is 4.70. The fourth-order valence-electron chi connectivity index (χ4n) is 3.32. The number of nitrogens with zero attached hydrogens (tertiary/aromatic N) is 1. The molecule has 0 amide bonds. The maximum absolute atomic E-state index is 12.6. The first kappa shape index (κ1) is 20.9. The summed E-state index contributed by atoms with van der Waals surface area (Å²) in [5.41, 5.74) is 4.32. The molecule has 0 atom stereocenters. The van der Waals surface area contributed by atoms with E-state index in [2.05, 4.69) is 20.5 Å². The molecular formula is C22H17F3N2O3S. The smallest absolute Gasteiger partial charge is 0.406 e. The predicted octanol–water partition coefficient (Wildman–Crippen LogP) is 4.78. The van der Waals surface area contributed by atoms with Gasteiger partial charge in [-0.2, -0.15) is 0 Å². The van der Waals surface area contributed by atoms with Crippen LogP contribution in [-0.2, 0) is 16.4 Å². The van der Waals surface area contributed by atoms with Crippen molar-refractivity contribution in [2.45, 2.75) is 17.7 Å². The van der Waals surface area contributed by atoms with Crippen molar-refractivity contribution in [1.82, 2.24) is 0 Å². The average molecular weight is 446 g/mol. The Kier molecular flexibility index (Phi) is 5.45. The van der Waals surface area contributed by atoms with Gasteiger partial charge in [-0.1, -0.05) is 36.4 Å². The number of nitrogens with one attached hydrogen (secondary N) is 1. The van der Waals surface area contributed by atoms with Gasteiger partial charge in [-0.05, 0) is 48.4 Å². The van der Waals surface area contributed by atoms with Crippen LogP contribution < -0.4 is 9.46 Å². The first-order valence-electron chi connectivity index (χ1n) is 9.33. The Hall–Kier alpha value is -3.33. The van der Waals surface area contributed by atoms with E-state index in [4.69, 9.17) is 0 Å². The highest BCUT2D eigenvalue weighted by molar-refractivity contribution is 7.92. The SMILES string of the molecule is O=S(=O)(Nc1ccc(C2=NCCc3ccccc32)cc1)c1ccc(OC(F)(F)F)cc1. The summed E-state index contributed by atoms with van der Waals surface area (Å²) in [7, 11) is -3.98. The van der Waals surface area contributed by atoms with Gasteiger partial charge in [0.2, 0.25) is 0 Å². The molecule has 1 aliphatic heterocycles. The molecule has 3 aromatic rings. The highest BCUT2D eigenvalue weighted by Crippen LogP contribution is 2.26. The van der Waals surface area contributed by atoms with Crippen molar-refractivity contribution in [3.63, 3.8) is 0 Å². The van der Waals surface area contributed by atoms with Gasteiger partial charge in [-0.25, -0.2) is 8.42 Å². The van der Waals surface area contributed by atoms with E-state index in [1.807, 2.05) is 18.2 Å². The van der Waals surface area contributed by atoms with Crippen LogP contribution in [0.4, 0.5) is 18.9 Å². The van der Waals surface area contributed by atoms with Crippen LogP contribution in [0.1, 0.15) is 16.7 Å². The maximum atomic E-state index is 12.6. The van der Waals surface area contributed by atoms with Gasteiger partial charge in [0.25, 0.3) is 10.0 Å². The van der Waals surface area contributed by atoms with Crippen LogP contribution >= 0.6 is 0 Å². The molecule has 0 aromatic heterocycles. The number of alkyl halides is 3. The number of fused-ring (bicyclic) bond motifs is 1. The van der Waals surface area contributed by atoms with Gasteiger partial charge in [0, 0.05) is 23.4 Å². The molecule has 0 aliphatic carbocycles. The third-order valence-corrected chi connectivity index (χ3v) is 6.10. The van der Waals surface area contributed by atoms with E-state index in [0.29, 0.717) is 12.2 Å². The van der Waals surface area contributed by atoms with E-state index < -0.39 is 22.1 Å². The van der Waals surface area contributed by atoms with Crippen LogP contribution in [-0.4, -0.2) is 27.0 Å². The Bertz CT molecular complexity index is 1220. The lowest BCUT2D eigenvalue weighted by Crippen LogP contribution is -2.17. The standard InChI is InChI=1S/C22H17F3N2O3S/c23-22(24,25)30-18-9-11-19(12-10-18)31(28,29)27-17-7-5-16(6-8-17)21-20-4-2-1-3-15(20)13-14-26-21/h1-12,27H,13-14H2. The molecule has 9 heteroatoms. The highest BCUT2D eigenvalue weighted by atomic mass is 32.2. The van der Waals surface area contributed by atoms with E-state index >= 15 is 0 Å². The number of benzene rings is 3. The zero-order chi connectivity index (χ0) is 22.1. The molecule has 1 aliphatic rings. The lowest BCUT2D eigenvalue weighted by Gasteiger charge is -2.17. The second kappa shape index (κ2) is 8.07. The zero-order valence-electron chi connectivity index (χ0n) is 16.1. The van der Waals surface area contributed by atoms with Crippen molar-refractivity contribution < 1.29 is 26.3 Å². The molecule has 3 aromatic carbocycles. The van der Waals surface area contributed by atoms with Crippen molar-refractivity contribution in [3.8, 4) is 5.75 Å². The first-order chi connectivity index (χ1) is 14.7. The minimum atomic E-state index is -4.84. The molecule has 0 bridgehead atoms. The molecule has 5 nitrogen and oxygen atoms in total. The summed E-state index contributed by atoms with van der Waals surface area (Å²) < 4.78 is 68.0. The van der Waals surface area contributed by atoms with Crippen LogP contribution in [0.2, 0.25) is 0 Å². The number of aliphatic imine (C=N–C) groups is 1. The Morgan fingerprint density at radius 1 is 0.903 bits per heavy atom. The fraction of sp³-hybridized carbons (Fsp3) is 0.136. The molecule has 0 fully saturated rings. The van der Waals surface area contributed by atoms with Crippen LogP contribution in [0, 0.1) is 0 Å². The summed E-state index contributed by atoms with van der Waals surface area (Å²) in [6.45, 7) is 0.689. The van der Waals surface area contributed by atoms with Crippen molar-refractivity contribution in [2.24, 2.45) is 4.99 Å². The Labute approximate surface area is 177 Å². The largest absolute Gasteiger partial charge is 0.573 e. The molecule has 1 heterocycles. The number of sulfonamides is 1. The highest BCUT2D eigenvalue weighted by Gasteiger charge is 2.31. The van der Waals surface area contributed by atoms with Crippen LogP contribution in [0.15, 0.2) is 82.7 Å². The van der Waals surface area contributed by atoms with Crippen molar-refractivity contribution in [3.05, 3.63) is 89.5 Å². The molecule has 0 saturated heterocycles. The van der Waals surface area contributed by atoms with Crippen LogP contribution in [0.3, 0.4) is 0 Å². The van der Waals surface area contributed by atoms with E-state index in [1.165, 1.54) is 5.56 Å². The Morgan fingerprint density at radius 3 is 2.26 bits per heavy atom. The first-order valence-corrected chi connectivity index (χ1v) is 10.8. The maximum Gasteiger partial charge on any atom is 0.573 e. The number of halogens is 3. The van der Waals surface area contributed by atoms with Crippen molar-refractivity contribution in [1.29, 1.82) is 0 Å². The zero-order valence-corrected chi connectivity index (χ0v) is 16.9. The van der Waals surface area contributed by atoms with Crippen molar-refractivity contribution in [2.75, 3.05) is 11.3 Å². The van der Waals surface area contributed by atoms with Gasteiger partial charge in [0.15, 0.2) is 0 Å². The van der Waals surface area contributed by atoms with Crippen LogP contribution in [0.25, 0.3) is 0 Å². The predicted molar refractivity (Wildman–Crippen MR) is 111 cm³/mol. The normalized spacial score (nSPS) is 13.8. The topological polar surface area (TPSA) is 67.8 Å². The molecule has 0 unspecified atom stereocenters. The molecule has 1 N–H and O–H groups in total. The van der Waals surface area contributed by atoms with Gasteiger partial charge in [-0.15, -0.1) is 13.2 Å². The summed E-state index contributed by atoms with van der Waals surface area (Å²) in [5, 5.41) is 0. The second-order valence-corrected chi connectivity index (χ2v) is 8.52. The number of rotatable bonds is 5. The molecule has 4 rings (SSSR count). The number of anilines is 1. The van der Waals surface area contributed by atoms with Gasteiger partial charge in [0.05, 0.1) is 10.6 Å². The molecular weight excluding hydrogens is 429 g/mol. The van der Waals surface area contributed by atoms with Gasteiger partial charge in [0.1, 0.15) is 5.75 Å². The lowest BCUT2D eigenvalue weighted by molar-refractivity contribution is -0.274. The molecule has 160 valence electrons. The monoisotopic (exact) mass is 446 g/mol. The van der Waals surface area contributed by atoms with Crippen LogP contribution in [0.5, 0.6) is 5.75 Å². The van der Waals surface area contributed by atoms with E-state index in [9.17, 15) is 21.6 Å². The fourth-order valence-corrected chi connectivity index (χ4v) is 4.38. The minimum absolute atomic E-state index is 0.184. The van der Waals surface area contributed by atoms with E-state index in [1.54, 1.807) is 24.3 Å². The molecule has 0 radical (unpaired) electrons. The summed E-state index contributed by atoms with van der Waals surface area (Å²) in [5.74, 6) is -0.496. The molecule has 31 heavy (non-hydrogen) atoms. The quantitative estimate of drug-likeness (QED) is 0.613. The Morgan fingerprint density at radius 2 is 1.58 bits per heavy atom. The second-order valence-electron chi connectivity index (χ2n) is 6.84. The van der Waals surface area contributed by atoms with E-state index in [0.717, 1.165) is 47.5 Å². The number of hydrogen-bond donors (Lipinski definition) is 1. The van der Waals surface area contributed by atoms with E-state index in [-0.39, 0.29) is 4.90 Å². The average Bonchev–Trinajstić information content (AvgIpc) is 2.73.